The number of hydrogen-bond acceptors (Lipinski definition) is 5. The normalized spacial score (nSPS) is 12.5. The number of hydrogen-bond donors (Lipinski definition) is 2. The van der Waals surface area contributed by atoms with Gasteiger partial charge in [-0.25, -0.2) is 4.98 Å². The number of rotatable bonds is 5. The van der Waals surface area contributed by atoms with Crippen LogP contribution in [0.15, 0.2) is 18.2 Å². The van der Waals surface area contributed by atoms with E-state index in [1.807, 2.05) is 19.1 Å². The van der Waals surface area contributed by atoms with Crippen molar-refractivity contribution in [2.75, 3.05) is 22.6 Å². The average Bonchev–Trinajstić information content (AvgIpc) is 2.77. The molecule has 2 aromatic rings. The van der Waals surface area contributed by atoms with Gasteiger partial charge in [0, 0.05) is 34.4 Å². The highest BCUT2D eigenvalue weighted by molar-refractivity contribution is 7.84. The fourth-order valence-electron chi connectivity index (χ4n) is 1.53. The van der Waals surface area contributed by atoms with Crippen LogP contribution in [0.4, 0.5) is 10.8 Å². The Morgan fingerprint density at radius 2 is 2.32 bits per heavy atom. The van der Waals surface area contributed by atoms with Crippen molar-refractivity contribution in [2.24, 2.45) is 0 Å². The van der Waals surface area contributed by atoms with E-state index in [4.69, 9.17) is 5.73 Å². The van der Waals surface area contributed by atoms with Crippen LogP contribution in [0.5, 0.6) is 0 Å². The molecular formula is C12H15N3O2S2. The van der Waals surface area contributed by atoms with Crippen LogP contribution in [0.1, 0.15) is 13.3 Å². The van der Waals surface area contributed by atoms with Crippen molar-refractivity contribution in [3.05, 3.63) is 18.2 Å². The monoisotopic (exact) mass is 297 g/mol. The number of fused-ring (bicyclic) bond motifs is 1. The number of nitrogens with one attached hydrogen (secondary N) is 1. The second-order valence-electron chi connectivity index (χ2n) is 3.98. The van der Waals surface area contributed by atoms with Gasteiger partial charge in [-0.1, -0.05) is 18.3 Å². The zero-order valence-corrected chi connectivity index (χ0v) is 12.1. The quantitative estimate of drug-likeness (QED) is 0.826. The van der Waals surface area contributed by atoms with Crippen LogP contribution in [-0.4, -0.2) is 26.6 Å². The van der Waals surface area contributed by atoms with Gasteiger partial charge in [0.1, 0.15) is 0 Å². The van der Waals surface area contributed by atoms with Crippen LogP contribution in [0.2, 0.25) is 0 Å². The zero-order valence-electron chi connectivity index (χ0n) is 10.5. The molecule has 1 atom stereocenters. The molecule has 2 rings (SSSR count). The molecule has 1 aromatic heterocycles. The molecule has 1 amide bonds. The third kappa shape index (κ3) is 3.74. The van der Waals surface area contributed by atoms with Crippen LogP contribution in [0.3, 0.4) is 0 Å². The van der Waals surface area contributed by atoms with Crippen molar-refractivity contribution >= 4 is 49.1 Å². The van der Waals surface area contributed by atoms with E-state index in [9.17, 15) is 9.00 Å². The predicted molar refractivity (Wildman–Crippen MR) is 80.8 cm³/mol. The first-order valence-corrected chi connectivity index (χ1v) is 8.20. The number of thiazole rings is 1. The van der Waals surface area contributed by atoms with Gasteiger partial charge in [0.15, 0.2) is 5.13 Å². The highest BCUT2D eigenvalue weighted by Crippen LogP contribution is 2.27. The number of carbonyl (C=O) groups excluding carboxylic acids is 1. The molecule has 19 heavy (non-hydrogen) atoms. The molecule has 0 aliphatic rings. The Morgan fingerprint density at radius 3 is 3.05 bits per heavy atom. The van der Waals surface area contributed by atoms with Gasteiger partial charge < -0.3 is 11.1 Å². The van der Waals surface area contributed by atoms with E-state index in [1.165, 1.54) is 11.3 Å². The smallest absolute Gasteiger partial charge is 0.227 e. The summed E-state index contributed by atoms with van der Waals surface area (Å²) in [6, 6.07) is 5.43. The molecule has 0 spiro atoms. The lowest BCUT2D eigenvalue weighted by molar-refractivity contribution is -0.115. The van der Waals surface area contributed by atoms with E-state index in [0.29, 0.717) is 22.3 Å². The van der Waals surface area contributed by atoms with E-state index >= 15 is 0 Å². The van der Waals surface area contributed by atoms with E-state index in [-0.39, 0.29) is 12.3 Å². The Hall–Kier alpha value is -1.47. The van der Waals surface area contributed by atoms with E-state index < -0.39 is 10.8 Å². The Bertz CT molecular complexity index is 624. The van der Waals surface area contributed by atoms with Crippen molar-refractivity contribution in [2.45, 2.75) is 13.3 Å². The lowest BCUT2D eigenvalue weighted by atomic mass is 10.3. The van der Waals surface area contributed by atoms with Gasteiger partial charge >= 0.3 is 0 Å². The minimum atomic E-state index is -0.918. The first-order valence-electron chi connectivity index (χ1n) is 5.89. The van der Waals surface area contributed by atoms with Crippen molar-refractivity contribution in [1.82, 2.24) is 4.98 Å². The van der Waals surface area contributed by atoms with Crippen molar-refractivity contribution in [3.63, 3.8) is 0 Å². The number of aromatic nitrogens is 1. The molecule has 1 aromatic carbocycles. The predicted octanol–water partition coefficient (Wildman–Crippen LogP) is 1.98. The summed E-state index contributed by atoms with van der Waals surface area (Å²) in [5.74, 6) is 0.808. The maximum absolute atomic E-state index is 11.7. The van der Waals surface area contributed by atoms with Gasteiger partial charge in [-0.15, -0.1) is 0 Å². The van der Waals surface area contributed by atoms with Gasteiger partial charge in [0.2, 0.25) is 5.91 Å². The summed E-state index contributed by atoms with van der Waals surface area (Å²) in [5, 5.41) is 3.27. The Morgan fingerprint density at radius 1 is 1.53 bits per heavy atom. The first kappa shape index (κ1) is 14.0. The summed E-state index contributed by atoms with van der Waals surface area (Å²) in [7, 11) is -0.918. The van der Waals surface area contributed by atoms with Crippen LogP contribution >= 0.6 is 11.3 Å². The molecule has 1 heterocycles. The molecule has 0 bridgehead atoms. The van der Waals surface area contributed by atoms with Crippen LogP contribution in [0.25, 0.3) is 10.2 Å². The van der Waals surface area contributed by atoms with Gasteiger partial charge in [0.25, 0.3) is 0 Å². The van der Waals surface area contributed by atoms with Crippen molar-refractivity contribution < 1.29 is 9.00 Å². The van der Waals surface area contributed by atoms with Gasteiger partial charge in [-0.2, -0.15) is 0 Å². The minimum Gasteiger partial charge on any atom is -0.399 e. The standard InChI is InChI=1S/C12H15N3O2S2/c1-2-19(17)6-5-11(16)15-12-14-9-4-3-8(13)7-10(9)18-12/h3-4,7H,2,5-6,13H2,1H3,(H,14,15,16). The minimum absolute atomic E-state index is 0.158. The molecule has 102 valence electrons. The molecule has 3 N–H and O–H groups in total. The molecular weight excluding hydrogens is 282 g/mol. The lowest BCUT2D eigenvalue weighted by Crippen LogP contribution is -2.15. The number of nitrogens with two attached hydrogens (primary N) is 1. The van der Waals surface area contributed by atoms with Crippen molar-refractivity contribution in [3.8, 4) is 0 Å². The second kappa shape index (κ2) is 6.12. The summed E-state index contributed by atoms with van der Waals surface area (Å²) in [4.78, 5) is 16.0. The third-order valence-electron chi connectivity index (χ3n) is 2.54. The summed E-state index contributed by atoms with van der Waals surface area (Å²) < 4.78 is 12.2. The fourth-order valence-corrected chi connectivity index (χ4v) is 3.16. The van der Waals surface area contributed by atoms with Gasteiger partial charge in [-0.05, 0) is 18.2 Å². The molecule has 0 saturated heterocycles. The maximum Gasteiger partial charge on any atom is 0.227 e. The summed E-state index contributed by atoms with van der Waals surface area (Å²) in [5.41, 5.74) is 7.17. The zero-order chi connectivity index (χ0) is 13.8. The fraction of sp³-hybridized carbons (Fsp3) is 0.333. The Labute approximate surface area is 117 Å². The molecule has 5 nitrogen and oxygen atoms in total. The SMILES string of the molecule is CCS(=O)CCC(=O)Nc1nc2ccc(N)cc2s1. The molecule has 0 radical (unpaired) electrons. The van der Waals surface area contributed by atoms with Gasteiger partial charge in [0.05, 0.1) is 10.2 Å². The molecule has 0 fully saturated rings. The lowest BCUT2D eigenvalue weighted by Gasteiger charge is -2.00. The average molecular weight is 297 g/mol. The summed E-state index contributed by atoms with van der Waals surface area (Å²) in [6.07, 6.45) is 0.249. The number of benzene rings is 1. The number of amides is 1. The topological polar surface area (TPSA) is 85.1 Å². The van der Waals surface area contributed by atoms with Crippen LogP contribution in [0, 0.1) is 0 Å². The molecule has 0 saturated carbocycles. The largest absolute Gasteiger partial charge is 0.399 e. The highest BCUT2D eigenvalue weighted by Gasteiger charge is 2.09. The summed E-state index contributed by atoms with van der Waals surface area (Å²) >= 11 is 1.38. The summed E-state index contributed by atoms with van der Waals surface area (Å²) in [6.45, 7) is 1.84. The number of carbonyl (C=O) groups is 1. The number of anilines is 2. The molecule has 0 aliphatic carbocycles. The molecule has 7 heteroatoms. The van der Waals surface area contributed by atoms with E-state index in [1.54, 1.807) is 6.07 Å². The van der Waals surface area contributed by atoms with Gasteiger partial charge in [-0.3, -0.25) is 9.00 Å². The molecule has 1 unspecified atom stereocenters. The van der Waals surface area contributed by atoms with E-state index in [0.717, 1.165) is 10.2 Å². The first-order chi connectivity index (χ1) is 9.08. The number of nitrogen functional groups attached to an aromatic ring is 1. The Kier molecular flexibility index (Phi) is 4.49. The molecule has 0 aliphatic heterocycles. The van der Waals surface area contributed by atoms with E-state index in [2.05, 4.69) is 10.3 Å². The maximum atomic E-state index is 11.7. The highest BCUT2D eigenvalue weighted by atomic mass is 32.2. The third-order valence-corrected chi connectivity index (χ3v) is 4.77. The number of nitrogens with zero attached hydrogens (tertiary/aromatic N) is 1. The van der Waals surface area contributed by atoms with Crippen LogP contribution in [-0.2, 0) is 15.6 Å². The second-order valence-corrected chi connectivity index (χ2v) is 6.87. The van der Waals surface area contributed by atoms with Crippen molar-refractivity contribution in [1.29, 1.82) is 0 Å². The Balaban J connectivity index is 2.01. The van der Waals surface area contributed by atoms with Crippen LogP contribution < -0.4 is 11.1 Å².